The molecule has 0 atom stereocenters. The van der Waals surface area contributed by atoms with Crippen molar-refractivity contribution in [1.29, 1.82) is 0 Å². The van der Waals surface area contributed by atoms with Crippen molar-refractivity contribution in [2.75, 3.05) is 36.8 Å². The average Bonchev–Trinajstić information content (AvgIpc) is 3.49. The molecule has 10 heteroatoms. The zero-order valence-corrected chi connectivity index (χ0v) is 20.3. The number of piperazine rings is 1. The predicted molar refractivity (Wildman–Crippen MR) is 133 cm³/mol. The van der Waals surface area contributed by atoms with Crippen LogP contribution in [0.1, 0.15) is 12.5 Å². The molecule has 0 bridgehead atoms. The van der Waals surface area contributed by atoms with Crippen molar-refractivity contribution in [2.45, 2.75) is 25.5 Å². The van der Waals surface area contributed by atoms with Crippen molar-refractivity contribution in [1.82, 2.24) is 29.6 Å². The molecule has 1 saturated heterocycles. The van der Waals surface area contributed by atoms with Crippen LogP contribution in [-0.2, 0) is 11.3 Å². The van der Waals surface area contributed by atoms with E-state index in [1.54, 1.807) is 17.7 Å². The number of hydrogen-bond donors (Lipinski definition) is 0. The number of fused-ring (bicyclic) bond motifs is 1. The van der Waals surface area contributed by atoms with Gasteiger partial charge in [0.05, 0.1) is 11.1 Å². The lowest BCUT2D eigenvalue weighted by Gasteiger charge is -2.35. The average molecular weight is 480 g/mol. The van der Waals surface area contributed by atoms with Crippen molar-refractivity contribution in [3.05, 3.63) is 47.6 Å². The zero-order valence-electron chi connectivity index (χ0n) is 18.6. The highest BCUT2D eigenvalue weighted by atomic mass is 32.2. The van der Waals surface area contributed by atoms with E-state index in [9.17, 15) is 4.79 Å². The van der Waals surface area contributed by atoms with Crippen molar-refractivity contribution in [3.63, 3.8) is 0 Å². The third-order valence-corrected chi connectivity index (χ3v) is 7.69. The second kappa shape index (κ2) is 9.48. The van der Waals surface area contributed by atoms with Crippen LogP contribution in [0.3, 0.4) is 0 Å². The van der Waals surface area contributed by atoms with Gasteiger partial charge in [-0.15, -0.1) is 21.5 Å². The van der Waals surface area contributed by atoms with Crippen molar-refractivity contribution >= 4 is 45.0 Å². The standard InChI is InChI=1S/C23H25N7OS2/c1-3-30-21(17-7-5-4-6-16(17)2)26-27-23(30)33-14-19(31)28-9-11-29(12-10-28)20-18-8-13-32-22(18)25-15-24-20/h4-8,13,15H,3,9-12,14H2,1-2H3. The first kappa shape index (κ1) is 21.8. The van der Waals surface area contributed by atoms with Gasteiger partial charge in [-0.05, 0) is 30.9 Å². The number of aromatic nitrogens is 5. The molecule has 0 aliphatic carbocycles. The highest BCUT2D eigenvalue weighted by Crippen LogP contribution is 2.28. The molecule has 1 aliphatic heterocycles. The SMILES string of the molecule is CCn1c(SCC(=O)N2CCN(c3ncnc4sccc34)CC2)nnc1-c1ccccc1C. The maximum absolute atomic E-state index is 12.9. The molecule has 8 nitrogen and oxygen atoms in total. The summed E-state index contributed by atoms with van der Waals surface area (Å²) in [5.74, 6) is 2.30. The number of thiophene rings is 1. The molecule has 0 radical (unpaired) electrons. The Morgan fingerprint density at radius 1 is 1.09 bits per heavy atom. The second-order valence-corrected chi connectivity index (χ2v) is 9.70. The number of amides is 1. The van der Waals surface area contributed by atoms with Gasteiger partial charge in [-0.1, -0.05) is 36.0 Å². The fourth-order valence-electron chi connectivity index (χ4n) is 4.12. The Morgan fingerprint density at radius 2 is 1.91 bits per heavy atom. The van der Waals surface area contributed by atoms with Gasteiger partial charge in [0.1, 0.15) is 17.0 Å². The van der Waals surface area contributed by atoms with E-state index in [1.807, 2.05) is 22.4 Å². The predicted octanol–water partition coefficient (Wildman–Crippen LogP) is 3.72. The molecule has 3 aromatic heterocycles. The van der Waals surface area contributed by atoms with Crippen LogP contribution in [0.15, 0.2) is 47.2 Å². The smallest absolute Gasteiger partial charge is 0.233 e. The topological polar surface area (TPSA) is 80.0 Å². The molecule has 1 aliphatic rings. The molecule has 1 aromatic carbocycles. The molecule has 0 unspecified atom stereocenters. The van der Waals surface area contributed by atoms with Gasteiger partial charge in [0, 0.05) is 38.3 Å². The maximum atomic E-state index is 12.9. The van der Waals surface area contributed by atoms with Crippen LogP contribution in [0.4, 0.5) is 5.82 Å². The summed E-state index contributed by atoms with van der Waals surface area (Å²) in [5.41, 5.74) is 2.24. The lowest BCUT2D eigenvalue weighted by atomic mass is 10.1. The minimum atomic E-state index is 0.131. The highest BCUT2D eigenvalue weighted by Gasteiger charge is 2.24. The number of hydrogen-bond acceptors (Lipinski definition) is 8. The van der Waals surface area contributed by atoms with Crippen molar-refractivity contribution in [2.24, 2.45) is 0 Å². The third kappa shape index (κ3) is 4.32. The van der Waals surface area contributed by atoms with Crippen LogP contribution < -0.4 is 4.90 Å². The number of carbonyl (C=O) groups is 1. The van der Waals surface area contributed by atoms with E-state index >= 15 is 0 Å². The highest BCUT2D eigenvalue weighted by molar-refractivity contribution is 7.99. The zero-order chi connectivity index (χ0) is 22.8. The van der Waals surface area contributed by atoms with E-state index < -0.39 is 0 Å². The Labute approximate surface area is 200 Å². The van der Waals surface area contributed by atoms with Crippen molar-refractivity contribution < 1.29 is 4.79 Å². The normalized spacial score (nSPS) is 14.2. The van der Waals surface area contributed by atoms with Crippen LogP contribution in [0.5, 0.6) is 0 Å². The van der Waals surface area contributed by atoms with Gasteiger partial charge in [-0.25, -0.2) is 9.97 Å². The van der Waals surface area contributed by atoms with Crippen LogP contribution in [-0.4, -0.2) is 67.5 Å². The Morgan fingerprint density at radius 3 is 2.70 bits per heavy atom. The molecular formula is C23H25N7OS2. The van der Waals surface area contributed by atoms with E-state index in [-0.39, 0.29) is 5.91 Å². The summed E-state index contributed by atoms with van der Waals surface area (Å²) >= 11 is 3.08. The molecule has 4 aromatic rings. The first-order valence-corrected chi connectivity index (χ1v) is 12.8. The van der Waals surface area contributed by atoms with Gasteiger partial charge < -0.3 is 14.4 Å². The first-order valence-electron chi connectivity index (χ1n) is 11.0. The number of benzene rings is 1. The molecule has 0 spiro atoms. The number of aryl methyl sites for hydroxylation is 1. The molecule has 1 fully saturated rings. The summed E-state index contributed by atoms with van der Waals surface area (Å²) in [4.78, 5) is 26.9. The molecule has 5 rings (SSSR count). The summed E-state index contributed by atoms with van der Waals surface area (Å²) in [7, 11) is 0. The van der Waals surface area contributed by atoms with E-state index in [1.165, 1.54) is 11.8 Å². The van der Waals surface area contributed by atoms with E-state index in [4.69, 9.17) is 0 Å². The van der Waals surface area contributed by atoms with Crippen LogP contribution in [0.2, 0.25) is 0 Å². The van der Waals surface area contributed by atoms with Gasteiger partial charge in [0.15, 0.2) is 11.0 Å². The summed E-state index contributed by atoms with van der Waals surface area (Å²) < 4.78 is 2.08. The maximum Gasteiger partial charge on any atom is 0.233 e. The fourth-order valence-corrected chi connectivity index (χ4v) is 5.75. The summed E-state index contributed by atoms with van der Waals surface area (Å²) in [6.07, 6.45) is 1.62. The molecule has 4 heterocycles. The molecule has 1 amide bonds. The summed E-state index contributed by atoms with van der Waals surface area (Å²) in [5, 5.41) is 12.7. The van der Waals surface area contributed by atoms with Gasteiger partial charge in [-0.2, -0.15) is 0 Å². The van der Waals surface area contributed by atoms with Crippen LogP contribution in [0, 0.1) is 6.92 Å². The quantitative estimate of drug-likeness (QED) is 0.390. The van der Waals surface area contributed by atoms with Gasteiger partial charge >= 0.3 is 0 Å². The molecular weight excluding hydrogens is 454 g/mol. The Bertz CT molecular complexity index is 1280. The molecule has 0 saturated carbocycles. The monoisotopic (exact) mass is 479 g/mol. The number of rotatable bonds is 6. The van der Waals surface area contributed by atoms with Crippen molar-refractivity contribution in [3.8, 4) is 11.4 Å². The Hall–Kier alpha value is -2.98. The minimum Gasteiger partial charge on any atom is -0.352 e. The lowest BCUT2D eigenvalue weighted by Crippen LogP contribution is -2.49. The van der Waals surface area contributed by atoms with Gasteiger partial charge in [-0.3, -0.25) is 4.79 Å². The van der Waals surface area contributed by atoms with E-state index in [0.29, 0.717) is 18.8 Å². The summed E-state index contributed by atoms with van der Waals surface area (Å²) in [6.45, 7) is 7.80. The minimum absolute atomic E-state index is 0.131. The number of carbonyl (C=O) groups excluding carboxylic acids is 1. The first-order chi connectivity index (χ1) is 16.2. The van der Waals surface area contributed by atoms with Gasteiger partial charge in [0.2, 0.25) is 5.91 Å². The Kier molecular flexibility index (Phi) is 6.28. The molecule has 33 heavy (non-hydrogen) atoms. The van der Waals surface area contributed by atoms with Crippen LogP contribution in [0.25, 0.3) is 21.6 Å². The number of nitrogens with zero attached hydrogens (tertiary/aromatic N) is 7. The molecule has 170 valence electrons. The second-order valence-electron chi connectivity index (χ2n) is 7.86. The molecule has 0 N–H and O–H groups in total. The van der Waals surface area contributed by atoms with E-state index in [2.05, 4.69) is 61.7 Å². The summed E-state index contributed by atoms with van der Waals surface area (Å²) in [6, 6.07) is 10.2. The lowest BCUT2D eigenvalue weighted by molar-refractivity contribution is -0.128. The largest absolute Gasteiger partial charge is 0.352 e. The van der Waals surface area contributed by atoms with E-state index in [0.717, 1.165) is 57.8 Å². The fraction of sp³-hybridized carbons (Fsp3) is 0.348. The Balaban J connectivity index is 1.21. The number of anilines is 1. The van der Waals surface area contributed by atoms with Crippen LogP contribution >= 0.6 is 23.1 Å². The van der Waals surface area contributed by atoms with Gasteiger partial charge in [0.25, 0.3) is 0 Å². The number of thioether (sulfide) groups is 1. The third-order valence-electron chi connectivity index (χ3n) is 5.92.